The van der Waals surface area contributed by atoms with Crippen LogP contribution < -0.4 is 4.90 Å². The lowest BCUT2D eigenvalue weighted by Crippen LogP contribution is -2.39. The van der Waals surface area contributed by atoms with Gasteiger partial charge in [-0.3, -0.25) is 9.89 Å². The van der Waals surface area contributed by atoms with Gasteiger partial charge in [0.15, 0.2) is 11.5 Å². The number of nitrogens with one attached hydrogen (secondary N) is 1. The number of rotatable bonds is 3. The van der Waals surface area contributed by atoms with E-state index in [9.17, 15) is 4.79 Å². The molecule has 0 unspecified atom stereocenters. The van der Waals surface area contributed by atoms with Crippen LogP contribution in [0.3, 0.4) is 0 Å². The van der Waals surface area contributed by atoms with Crippen molar-refractivity contribution in [2.24, 2.45) is 0 Å². The first kappa shape index (κ1) is 15.3. The van der Waals surface area contributed by atoms with Crippen molar-refractivity contribution in [1.82, 2.24) is 34.9 Å². The van der Waals surface area contributed by atoms with Crippen molar-refractivity contribution < 1.29 is 4.79 Å². The van der Waals surface area contributed by atoms with Gasteiger partial charge in [0.25, 0.3) is 5.91 Å². The van der Waals surface area contributed by atoms with Crippen LogP contribution in [0.4, 0.5) is 5.82 Å². The van der Waals surface area contributed by atoms with Gasteiger partial charge in [0, 0.05) is 38.3 Å². The van der Waals surface area contributed by atoms with E-state index in [2.05, 4.69) is 25.3 Å². The van der Waals surface area contributed by atoms with Crippen molar-refractivity contribution in [3.63, 3.8) is 0 Å². The van der Waals surface area contributed by atoms with E-state index in [-0.39, 0.29) is 11.8 Å². The van der Waals surface area contributed by atoms with Crippen LogP contribution in [0.25, 0.3) is 5.65 Å². The van der Waals surface area contributed by atoms with Gasteiger partial charge in [-0.2, -0.15) is 9.61 Å². The zero-order valence-corrected chi connectivity index (χ0v) is 14.4. The minimum Gasteiger partial charge on any atom is -0.355 e. The number of carbonyl (C=O) groups is 1. The smallest absolute Gasteiger partial charge is 0.271 e. The predicted octanol–water partition coefficient (Wildman–Crippen LogP) is 1.08. The van der Waals surface area contributed by atoms with E-state index >= 15 is 0 Å². The van der Waals surface area contributed by atoms with Crippen LogP contribution in [-0.4, -0.2) is 67.0 Å². The number of hydrogen-bond donors (Lipinski definition) is 1. The highest BCUT2D eigenvalue weighted by molar-refractivity contribution is 5.92. The van der Waals surface area contributed by atoms with Gasteiger partial charge in [-0.05, 0) is 37.5 Å². The van der Waals surface area contributed by atoms with Crippen molar-refractivity contribution in [1.29, 1.82) is 0 Å². The number of fused-ring (bicyclic) bond motifs is 1. The molecule has 2 aliphatic rings. The van der Waals surface area contributed by atoms with Crippen molar-refractivity contribution in [2.45, 2.75) is 25.2 Å². The Kier molecular flexibility index (Phi) is 3.58. The average molecular weight is 352 g/mol. The number of likely N-dealkylation sites (tertiary alicyclic amines) is 1. The van der Waals surface area contributed by atoms with Crippen LogP contribution in [-0.2, 0) is 0 Å². The van der Waals surface area contributed by atoms with E-state index in [4.69, 9.17) is 5.10 Å². The van der Waals surface area contributed by atoms with Crippen molar-refractivity contribution >= 4 is 17.4 Å². The predicted molar refractivity (Wildman–Crippen MR) is 94.1 cm³/mol. The third kappa shape index (κ3) is 2.51. The molecule has 3 aromatic rings. The Morgan fingerprint density at radius 2 is 1.92 bits per heavy atom. The minimum absolute atomic E-state index is 0.00486. The Hall–Kier alpha value is -2.97. The first-order valence-electron chi connectivity index (χ1n) is 9.05. The molecule has 1 amide bonds. The molecular weight excluding hydrogens is 332 g/mol. The van der Waals surface area contributed by atoms with Crippen molar-refractivity contribution in [3.05, 3.63) is 35.9 Å². The molecule has 0 atom stereocenters. The van der Waals surface area contributed by atoms with Crippen LogP contribution in [0.1, 0.15) is 41.5 Å². The highest BCUT2D eigenvalue weighted by Gasteiger charge is 2.28. The Morgan fingerprint density at radius 1 is 1.08 bits per heavy atom. The number of aromatic nitrogens is 6. The fraction of sp³-hybridized carbons (Fsp3) is 0.471. The number of nitrogens with zero attached hydrogens (tertiary/aromatic N) is 7. The first-order chi connectivity index (χ1) is 12.8. The molecule has 1 N–H and O–H groups in total. The van der Waals surface area contributed by atoms with Gasteiger partial charge in [-0.1, -0.05) is 0 Å². The highest BCUT2D eigenvalue weighted by Crippen LogP contribution is 2.28. The summed E-state index contributed by atoms with van der Waals surface area (Å²) in [5, 5.41) is 20.0. The maximum Gasteiger partial charge on any atom is 0.271 e. The third-order valence-electron chi connectivity index (χ3n) is 5.33. The van der Waals surface area contributed by atoms with E-state index in [1.807, 2.05) is 21.5 Å². The molecule has 0 saturated carbocycles. The van der Waals surface area contributed by atoms with Gasteiger partial charge >= 0.3 is 0 Å². The molecule has 134 valence electrons. The van der Waals surface area contributed by atoms with Crippen molar-refractivity contribution in [3.8, 4) is 0 Å². The second-order valence-corrected chi connectivity index (χ2v) is 6.90. The quantitative estimate of drug-likeness (QED) is 0.758. The molecule has 0 aromatic carbocycles. The lowest BCUT2D eigenvalue weighted by Gasteiger charge is -2.32. The van der Waals surface area contributed by atoms with Gasteiger partial charge in [-0.25, -0.2) is 0 Å². The molecule has 0 spiro atoms. The lowest BCUT2D eigenvalue weighted by molar-refractivity contribution is 0.0704. The minimum atomic E-state index is 0.00486. The van der Waals surface area contributed by atoms with Crippen LogP contribution in [0, 0.1) is 0 Å². The number of hydrogen-bond acceptors (Lipinski definition) is 6. The van der Waals surface area contributed by atoms with Crippen LogP contribution in [0.15, 0.2) is 24.4 Å². The monoisotopic (exact) mass is 352 g/mol. The topological polar surface area (TPSA) is 95.3 Å². The van der Waals surface area contributed by atoms with Crippen LogP contribution >= 0.6 is 0 Å². The van der Waals surface area contributed by atoms with Crippen LogP contribution in [0.2, 0.25) is 0 Å². The van der Waals surface area contributed by atoms with E-state index in [0.29, 0.717) is 18.8 Å². The van der Waals surface area contributed by atoms with E-state index in [1.54, 1.807) is 12.3 Å². The van der Waals surface area contributed by atoms with E-state index in [1.165, 1.54) is 6.42 Å². The first-order valence-corrected chi connectivity index (χ1v) is 9.05. The maximum atomic E-state index is 12.4. The summed E-state index contributed by atoms with van der Waals surface area (Å²) in [5.74, 6) is 2.15. The Balaban J connectivity index is 1.34. The standard InChI is InChI=1S/C17H20N8O/c26-17(13-4-7-18-19-13)24-10-5-12(6-11-24)16-21-20-14-2-3-15(22-25(14)16)23-8-1-9-23/h2-4,7,12H,1,5-6,8-11H2,(H,18,19). The normalized spacial score (nSPS) is 18.3. The maximum absolute atomic E-state index is 12.4. The van der Waals surface area contributed by atoms with E-state index in [0.717, 1.165) is 43.2 Å². The second kappa shape index (κ2) is 6.08. The molecule has 2 saturated heterocycles. The fourth-order valence-corrected chi connectivity index (χ4v) is 3.65. The zero-order chi connectivity index (χ0) is 17.5. The van der Waals surface area contributed by atoms with E-state index < -0.39 is 0 Å². The van der Waals surface area contributed by atoms with Gasteiger partial charge in [0.2, 0.25) is 0 Å². The molecule has 5 rings (SSSR count). The SMILES string of the molecule is O=C(c1ccn[nH]1)N1CCC(c2nnc3ccc(N4CCC4)nn23)CC1. The van der Waals surface area contributed by atoms with Gasteiger partial charge in [0.05, 0.1) is 0 Å². The second-order valence-electron chi connectivity index (χ2n) is 6.90. The summed E-state index contributed by atoms with van der Waals surface area (Å²) in [4.78, 5) is 16.6. The Bertz CT molecular complexity index is 922. The van der Waals surface area contributed by atoms with Gasteiger partial charge in [-0.15, -0.1) is 15.3 Å². The summed E-state index contributed by atoms with van der Waals surface area (Å²) < 4.78 is 1.88. The highest BCUT2D eigenvalue weighted by atomic mass is 16.2. The van der Waals surface area contributed by atoms with Crippen LogP contribution in [0.5, 0.6) is 0 Å². The summed E-state index contributed by atoms with van der Waals surface area (Å²) in [6.07, 6.45) is 4.54. The number of amides is 1. The van der Waals surface area contributed by atoms with Crippen molar-refractivity contribution in [2.75, 3.05) is 31.1 Å². The molecule has 0 aliphatic carbocycles. The molecule has 2 fully saturated rings. The molecule has 0 radical (unpaired) electrons. The molecule has 0 bridgehead atoms. The number of anilines is 1. The zero-order valence-electron chi connectivity index (χ0n) is 14.4. The molecule has 9 heteroatoms. The molecule has 3 aromatic heterocycles. The number of H-pyrrole nitrogens is 1. The average Bonchev–Trinajstić information content (AvgIpc) is 3.29. The third-order valence-corrected chi connectivity index (χ3v) is 5.33. The number of piperidine rings is 1. The summed E-state index contributed by atoms with van der Waals surface area (Å²) in [7, 11) is 0. The van der Waals surface area contributed by atoms with Gasteiger partial charge < -0.3 is 9.80 Å². The summed E-state index contributed by atoms with van der Waals surface area (Å²) in [6, 6.07) is 5.70. The summed E-state index contributed by atoms with van der Waals surface area (Å²) in [6.45, 7) is 3.51. The summed E-state index contributed by atoms with van der Waals surface area (Å²) in [5.41, 5.74) is 1.32. The van der Waals surface area contributed by atoms with Gasteiger partial charge in [0.1, 0.15) is 11.5 Å². The molecule has 5 heterocycles. The Labute approximate surface area is 150 Å². The largest absolute Gasteiger partial charge is 0.355 e. The molecule has 26 heavy (non-hydrogen) atoms. The number of aromatic amines is 1. The molecular formula is C17H20N8O. The Morgan fingerprint density at radius 3 is 2.62 bits per heavy atom. The lowest BCUT2D eigenvalue weighted by atomic mass is 9.96. The molecule has 9 nitrogen and oxygen atoms in total. The molecule has 2 aliphatic heterocycles. The number of carbonyl (C=O) groups excluding carboxylic acids is 1. The fourth-order valence-electron chi connectivity index (χ4n) is 3.65. The summed E-state index contributed by atoms with van der Waals surface area (Å²) >= 11 is 0.